The molecular weight excluding hydrogens is 424 g/mol. The third-order valence-corrected chi connectivity index (χ3v) is 6.17. The van der Waals surface area contributed by atoms with Crippen LogP contribution in [0.2, 0.25) is 5.02 Å². The summed E-state index contributed by atoms with van der Waals surface area (Å²) in [4.78, 5) is 0. The van der Waals surface area contributed by atoms with Crippen molar-refractivity contribution in [1.82, 2.24) is 0 Å². The third kappa shape index (κ3) is 5.04. The van der Waals surface area contributed by atoms with E-state index >= 15 is 0 Å². The number of aliphatic hydroxyl groups excluding tert-OH is 4. The van der Waals surface area contributed by atoms with Crippen molar-refractivity contribution in [3.63, 3.8) is 0 Å². The van der Waals surface area contributed by atoms with Crippen LogP contribution in [0.5, 0.6) is 5.75 Å². The fourth-order valence-corrected chi connectivity index (χ4v) is 4.17. The van der Waals surface area contributed by atoms with Gasteiger partial charge in [-0.15, -0.1) is 0 Å². The largest absolute Gasteiger partial charge is 0.488 e. The average molecular weight is 451 g/mol. The smallest absolute Gasteiger partial charge is 0.124 e. The summed E-state index contributed by atoms with van der Waals surface area (Å²) in [5.41, 5.74) is 2.47. The zero-order chi connectivity index (χ0) is 22.0. The molecule has 6 atom stereocenters. The molecule has 2 saturated heterocycles. The summed E-state index contributed by atoms with van der Waals surface area (Å²) in [5.74, 6) is 0.792. The Bertz CT molecular complexity index is 867. The second-order valence-corrected chi connectivity index (χ2v) is 8.43. The monoisotopic (exact) mass is 450 g/mol. The fraction of sp³-hybridized carbons (Fsp3) is 0.478. The highest BCUT2D eigenvalue weighted by Crippen LogP contribution is 2.34. The molecule has 2 aliphatic rings. The van der Waals surface area contributed by atoms with Crippen LogP contribution in [-0.4, -0.2) is 70.8 Å². The predicted octanol–water partition coefficient (Wildman–Crippen LogP) is 1.61. The molecule has 168 valence electrons. The minimum atomic E-state index is -1.42. The lowest BCUT2D eigenvalue weighted by Gasteiger charge is -2.40. The first-order valence-corrected chi connectivity index (χ1v) is 10.8. The van der Waals surface area contributed by atoms with E-state index in [1.165, 1.54) is 0 Å². The van der Waals surface area contributed by atoms with E-state index in [2.05, 4.69) is 0 Å². The summed E-state index contributed by atoms with van der Waals surface area (Å²) in [6, 6.07) is 13.0. The normalized spacial score (nSPS) is 31.0. The summed E-state index contributed by atoms with van der Waals surface area (Å²) in [6.45, 7) is 0.872. The minimum absolute atomic E-state index is 0.0931. The quantitative estimate of drug-likeness (QED) is 0.529. The molecule has 2 heterocycles. The lowest BCUT2D eigenvalue weighted by atomic mass is 9.90. The van der Waals surface area contributed by atoms with Gasteiger partial charge in [-0.3, -0.25) is 0 Å². The Morgan fingerprint density at radius 2 is 1.77 bits per heavy atom. The van der Waals surface area contributed by atoms with E-state index in [4.69, 9.17) is 25.8 Å². The van der Waals surface area contributed by atoms with Crippen molar-refractivity contribution in [3.05, 3.63) is 64.2 Å². The van der Waals surface area contributed by atoms with Gasteiger partial charge in [0.15, 0.2) is 0 Å². The molecule has 0 aromatic heterocycles. The van der Waals surface area contributed by atoms with Gasteiger partial charge in [0.1, 0.15) is 42.4 Å². The van der Waals surface area contributed by atoms with Crippen LogP contribution in [0.25, 0.3) is 0 Å². The number of hydrogen-bond donors (Lipinski definition) is 4. The number of hydrogen-bond acceptors (Lipinski definition) is 7. The van der Waals surface area contributed by atoms with Gasteiger partial charge >= 0.3 is 0 Å². The molecule has 2 fully saturated rings. The first kappa shape index (κ1) is 22.5. The van der Waals surface area contributed by atoms with E-state index in [0.717, 1.165) is 29.9 Å². The lowest BCUT2D eigenvalue weighted by Crippen LogP contribution is -2.55. The summed E-state index contributed by atoms with van der Waals surface area (Å²) < 4.78 is 16.9. The number of halogens is 1. The summed E-state index contributed by atoms with van der Waals surface area (Å²) in [6.07, 6.45) is -4.46. The Balaban J connectivity index is 1.49. The molecule has 31 heavy (non-hydrogen) atoms. The van der Waals surface area contributed by atoms with Gasteiger partial charge in [-0.2, -0.15) is 0 Å². The number of benzene rings is 2. The van der Waals surface area contributed by atoms with Crippen LogP contribution in [0.4, 0.5) is 0 Å². The Morgan fingerprint density at radius 1 is 1.00 bits per heavy atom. The molecule has 0 radical (unpaired) electrons. The molecule has 2 aromatic carbocycles. The molecule has 0 spiro atoms. The summed E-state index contributed by atoms with van der Waals surface area (Å²) in [7, 11) is 0. The van der Waals surface area contributed by atoms with Gasteiger partial charge in [0.05, 0.1) is 19.8 Å². The third-order valence-electron chi connectivity index (χ3n) is 5.80. The molecule has 7 nitrogen and oxygen atoms in total. The molecule has 3 unspecified atom stereocenters. The maximum Gasteiger partial charge on any atom is 0.124 e. The van der Waals surface area contributed by atoms with Crippen LogP contribution >= 0.6 is 11.6 Å². The highest BCUT2D eigenvalue weighted by atomic mass is 35.5. The average Bonchev–Trinajstić information content (AvgIpc) is 3.28. The van der Waals surface area contributed by atoms with E-state index in [-0.39, 0.29) is 6.10 Å². The standard InChI is InChI=1S/C23H27ClO7/c24-18-6-3-14(23-22(28)21(27)20(26)19(11-25)31-23)10-15(18)9-13-1-4-16(5-2-13)30-17-7-8-29-12-17/h1-6,10,17,19-23,25-28H,7-9,11-12H2/t17-,19?,20-,21?,22?,23+/m1/s1. The predicted molar refractivity (Wildman–Crippen MR) is 113 cm³/mol. The highest BCUT2D eigenvalue weighted by molar-refractivity contribution is 6.31. The maximum absolute atomic E-state index is 10.4. The van der Waals surface area contributed by atoms with E-state index in [9.17, 15) is 20.4 Å². The zero-order valence-electron chi connectivity index (χ0n) is 16.9. The number of aliphatic hydroxyl groups is 4. The van der Waals surface area contributed by atoms with Gasteiger partial charge < -0.3 is 34.6 Å². The van der Waals surface area contributed by atoms with Crippen LogP contribution in [0.15, 0.2) is 42.5 Å². The molecule has 4 N–H and O–H groups in total. The van der Waals surface area contributed by atoms with Gasteiger partial charge in [-0.25, -0.2) is 0 Å². The number of rotatable bonds is 6. The van der Waals surface area contributed by atoms with Crippen molar-refractivity contribution < 1.29 is 34.6 Å². The van der Waals surface area contributed by atoms with Crippen LogP contribution in [0, 0.1) is 0 Å². The van der Waals surface area contributed by atoms with Crippen LogP contribution < -0.4 is 4.74 Å². The fourth-order valence-electron chi connectivity index (χ4n) is 3.99. The topological polar surface area (TPSA) is 109 Å². The highest BCUT2D eigenvalue weighted by Gasteiger charge is 2.44. The van der Waals surface area contributed by atoms with E-state index in [0.29, 0.717) is 23.6 Å². The van der Waals surface area contributed by atoms with Gasteiger partial charge in [-0.1, -0.05) is 35.9 Å². The molecule has 0 bridgehead atoms. The molecule has 2 aliphatic heterocycles. The van der Waals surface area contributed by atoms with Crippen molar-refractivity contribution >= 4 is 11.6 Å². The Labute approximate surface area is 185 Å². The molecule has 0 amide bonds. The second kappa shape index (κ2) is 9.83. The first-order valence-electron chi connectivity index (χ1n) is 10.4. The van der Waals surface area contributed by atoms with E-state index < -0.39 is 37.1 Å². The van der Waals surface area contributed by atoms with Crippen LogP contribution in [0.3, 0.4) is 0 Å². The molecule has 2 aromatic rings. The first-order chi connectivity index (χ1) is 15.0. The Kier molecular flexibility index (Phi) is 7.13. The molecular formula is C23H27ClO7. The SMILES string of the molecule is OCC1O[C@@H](c2ccc(Cl)c(Cc3ccc(O[C@@H]4CCOC4)cc3)c2)C(O)C(O)[C@@H]1O. The van der Waals surface area contributed by atoms with Crippen LogP contribution in [-0.2, 0) is 15.9 Å². The molecule has 0 aliphatic carbocycles. The maximum atomic E-state index is 10.4. The Hall–Kier alpha value is -1.71. The Morgan fingerprint density at radius 3 is 2.45 bits per heavy atom. The van der Waals surface area contributed by atoms with Crippen molar-refractivity contribution in [2.45, 2.75) is 49.5 Å². The summed E-state index contributed by atoms with van der Waals surface area (Å²) >= 11 is 6.40. The summed E-state index contributed by atoms with van der Waals surface area (Å²) in [5, 5.41) is 40.5. The van der Waals surface area contributed by atoms with E-state index in [1.807, 2.05) is 30.3 Å². The molecule has 8 heteroatoms. The van der Waals surface area contributed by atoms with Gasteiger partial charge in [0.25, 0.3) is 0 Å². The van der Waals surface area contributed by atoms with Crippen molar-refractivity contribution in [1.29, 1.82) is 0 Å². The van der Waals surface area contributed by atoms with Gasteiger partial charge in [-0.05, 0) is 41.3 Å². The van der Waals surface area contributed by atoms with E-state index in [1.54, 1.807) is 12.1 Å². The van der Waals surface area contributed by atoms with Crippen molar-refractivity contribution in [2.75, 3.05) is 19.8 Å². The lowest BCUT2D eigenvalue weighted by molar-refractivity contribution is -0.231. The van der Waals surface area contributed by atoms with Crippen LogP contribution in [0.1, 0.15) is 29.2 Å². The zero-order valence-corrected chi connectivity index (χ0v) is 17.7. The van der Waals surface area contributed by atoms with Gasteiger partial charge in [0, 0.05) is 11.4 Å². The van der Waals surface area contributed by atoms with Crippen molar-refractivity contribution in [3.8, 4) is 5.75 Å². The van der Waals surface area contributed by atoms with Crippen molar-refractivity contribution in [2.24, 2.45) is 0 Å². The number of ether oxygens (including phenoxy) is 3. The second-order valence-electron chi connectivity index (χ2n) is 8.02. The molecule has 0 saturated carbocycles. The minimum Gasteiger partial charge on any atom is -0.488 e. The van der Waals surface area contributed by atoms with Gasteiger partial charge in [0.2, 0.25) is 0 Å². The molecule has 4 rings (SSSR count).